The molecule has 1 aliphatic carbocycles. The molecule has 0 spiro atoms. The number of aromatic nitrogens is 1. The molecule has 2 aromatic rings. The lowest BCUT2D eigenvalue weighted by Gasteiger charge is -2.22. The van der Waals surface area contributed by atoms with Gasteiger partial charge in [-0.25, -0.2) is 0 Å². The summed E-state index contributed by atoms with van der Waals surface area (Å²) in [7, 11) is 0. The zero-order valence-electron chi connectivity index (χ0n) is 14.1. The molecule has 1 fully saturated rings. The summed E-state index contributed by atoms with van der Waals surface area (Å²) in [6.07, 6.45) is 10.3. The number of fused-ring (bicyclic) bond motifs is 1. The third-order valence-corrected chi connectivity index (χ3v) is 5.04. The predicted molar refractivity (Wildman–Crippen MR) is 95.4 cm³/mol. The van der Waals surface area contributed by atoms with Gasteiger partial charge in [0.2, 0.25) is 0 Å². The summed E-state index contributed by atoms with van der Waals surface area (Å²) in [6.45, 7) is 6.40. The smallest absolute Gasteiger partial charge is 0.0486 e. The molecule has 1 saturated carbocycles. The van der Waals surface area contributed by atoms with E-state index in [0.717, 1.165) is 25.4 Å². The van der Waals surface area contributed by atoms with E-state index in [9.17, 15) is 0 Å². The molecule has 0 bridgehead atoms. The van der Waals surface area contributed by atoms with E-state index in [1.807, 2.05) is 0 Å². The molecule has 2 heteroatoms. The van der Waals surface area contributed by atoms with Crippen molar-refractivity contribution in [2.45, 2.75) is 64.8 Å². The lowest BCUT2D eigenvalue weighted by atomic mass is 9.84. The molecule has 0 atom stereocenters. The highest BCUT2D eigenvalue weighted by Gasteiger charge is 2.17. The van der Waals surface area contributed by atoms with Crippen LogP contribution >= 0.6 is 0 Å². The van der Waals surface area contributed by atoms with Crippen LogP contribution in [-0.4, -0.2) is 11.1 Å². The van der Waals surface area contributed by atoms with Crippen molar-refractivity contribution in [3.63, 3.8) is 0 Å². The van der Waals surface area contributed by atoms with Crippen molar-refractivity contribution in [2.75, 3.05) is 6.54 Å². The summed E-state index contributed by atoms with van der Waals surface area (Å²) in [5.41, 5.74) is 10.2. The first-order valence-corrected chi connectivity index (χ1v) is 9.00. The minimum atomic E-state index is 0.666. The van der Waals surface area contributed by atoms with Gasteiger partial charge >= 0.3 is 0 Å². The summed E-state index contributed by atoms with van der Waals surface area (Å²) in [6, 6.07) is 7.19. The normalized spacial score (nSPS) is 16.7. The zero-order chi connectivity index (χ0) is 15.5. The largest absolute Gasteiger partial charge is 0.347 e. The summed E-state index contributed by atoms with van der Waals surface area (Å²) in [5.74, 6) is 1.44. The second-order valence-corrected chi connectivity index (χ2v) is 7.35. The third-order valence-electron chi connectivity index (χ3n) is 5.04. The van der Waals surface area contributed by atoms with Crippen LogP contribution in [0.5, 0.6) is 0 Å². The molecule has 2 nitrogen and oxygen atoms in total. The van der Waals surface area contributed by atoms with Crippen LogP contribution in [0.3, 0.4) is 0 Å². The fourth-order valence-electron chi connectivity index (χ4n) is 3.97. The molecule has 1 aromatic carbocycles. The summed E-state index contributed by atoms with van der Waals surface area (Å²) in [5, 5.41) is 1.41. The lowest BCUT2D eigenvalue weighted by Crippen LogP contribution is -2.06. The van der Waals surface area contributed by atoms with Crippen LogP contribution in [-0.2, 0) is 13.0 Å². The quantitative estimate of drug-likeness (QED) is 0.840. The van der Waals surface area contributed by atoms with Gasteiger partial charge in [0.05, 0.1) is 0 Å². The highest BCUT2D eigenvalue weighted by Crippen LogP contribution is 2.35. The molecule has 0 amide bonds. The predicted octanol–water partition coefficient (Wildman–Crippen LogP) is 4.85. The van der Waals surface area contributed by atoms with E-state index in [1.165, 1.54) is 48.6 Å². The first kappa shape index (κ1) is 15.6. The molecule has 1 aliphatic rings. The van der Waals surface area contributed by atoms with E-state index in [-0.39, 0.29) is 0 Å². The molecule has 0 unspecified atom stereocenters. The minimum absolute atomic E-state index is 0.666. The summed E-state index contributed by atoms with van der Waals surface area (Å²) < 4.78 is 2.46. The monoisotopic (exact) mass is 298 g/mol. The van der Waals surface area contributed by atoms with E-state index in [4.69, 9.17) is 5.73 Å². The Balaban J connectivity index is 2.00. The average Bonchev–Trinajstić information content (AvgIpc) is 2.85. The number of rotatable bonds is 5. The van der Waals surface area contributed by atoms with Crippen molar-refractivity contribution in [2.24, 2.45) is 11.7 Å². The van der Waals surface area contributed by atoms with Gasteiger partial charge in [-0.2, -0.15) is 0 Å². The Morgan fingerprint density at radius 3 is 2.64 bits per heavy atom. The Bertz CT molecular complexity index is 618. The molecular weight excluding hydrogens is 268 g/mol. The molecule has 0 aliphatic heterocycles. The molecule has 0 saturated heterocycles. The molecule has 3 rings (SSSR count). The first-order valence-electron chi connectivity index (χ1n) is 9.00. The van der Waals surface area contributed by atoms with Gasteiger partial charge in [0, 0.05) is 23.6 Å². The number of nitrogens with two attached hydrogens (primary N) is 1. The Labute approximate surface area is 134 Å². The fourth-order valence-corrected chi connectivity index (χ4v) is 3.97. The average molecular weight is 298 g/mol. The van der Waals surface area contributed by atoms with Gasteiger partial charge in [-0.1, -0.05) is 45.2 Å². The molecule has 22 heavy (non-hydrogen) atoms. The summed E-state index contributed by atoms with van der Waals surface area (Å²) >= 11 is 0. The van der Waals surface area contributed by atoms with Crippen LogP contribution in [0, 0.1) is 5.92 Å². The van der Waals surface area contributed by atoms with Crippen molar-refractivity contribution in [1.29, 1.82) is 0 Å². The molecule has 1 heterocycles. The standard InChI is InChI=1S/C20H30N2/c1-15(2)13-22-14-18(10-11-21)19-9-8-17(12-20(19)22)16-6-4-3-5-7-16/h8-9,12,14-16H,3-7,10-11,13,21H2,1-2H3. The number of hydrogen-bond acceptors (Lipinski definition) is 1. The maximum Gasteiger partial charge on any atom is 0.0486 e. The zero-order valence-corrected chi connectivity index (χ0v) is 14.1. The second-order valence-electron chi connectivity index (χ2n) is 7.35. The number of hydrogen-bond donors (Lipinski definition) is 1. The van der Waals surface area contributed by atoms with E-state index in [1.54, 1.807) is 5.56 Å². The van der Waals surface area contributed by atoms with E-state index < -0.39 is 0 Å². The van der Waals surface area contributed by atoms with Gasteiger partial charge in [-0.05, 0) is 54.8 Å². The lowest BCUT2D eigenvalue weighted by molar-refractivity contribution is 0.443. The van der Waals surface area contributed by atoms with E-state index in [0.29, 0.717) is 5.92 Å². The minimum Gasteiger partial charge on any atom is -0.347 e. The third kappa shape index (κ3) is 3.22. The Morgan fingerprint density at radius 1 is 1.18 bits per heavy atom. The van der Waals surface area contributed by atoms with Crippen molar-refractivity contribution >= 4 is 10.9 Å². The molecular formula is C20H30N2. The summed E-state index contributed by atoms with van der Waals surface area (Å²) in [4.78, 5) is 0. The molecule has 0 radical (unpaired) electrons. The number of nitrogens with zero attached hydrogens (tertiary/aromatic N) is 1. The number of benzene rings is 1. The van der Waals surface area contributed by atoms with Gasteiger partial charge in [-0.15, -0.1) is 0 Å². The molecule has 2 N–H and O–H groups in total. The Morgan fingerprint density at radius 2 is 1.95 bits per heavy atom. The van der Waals surface area contributed by atoms with E-state index in [2.05, 4.69) is 42.8 Å². The van der Waals surface area contributed by atoms with Gasteiger partial charge < -0.3 is 10.3 Å². The van der Waals surface area contributed by atoms with Crippen LogP contribution < -0.4 is 5.73 Å². The van der Waals surface area contributed by atoms with Crippen molar-refractivity contribution in [1.82, 2.24) is 4.57 Å². The Kier molecular flexibility index (Phi) is 4.87. The van der Waals surface area contributed by atoms with Crippen LogP contribution in [0.4, 0.5) is 0 Å². The molecule has 1 aromatic heterocycles. The Hall–Kier alpha value is -1.28. The maximum atomic E-state index is 5.80. The van der Waals surface area contributed by atoms with Crippen molar-refractivity contribution in [3.05, 3.63) is 35.5 Å². The SMILES string of the molecule is CC(C)Cn1cc(CCN)c2ccc(C3CCCCC3)cc21. The van der Waals surface area contributed by atoms with E-state index >= 15 is 0 Å². The van der Waals surface area contributed by atoms with Crippen molar-refractivity contribution in [3.8, 4) is 0 Å². The van der Waals surface area contributed by atoms with Gasteiger partial charge in [0.25, 0.3) is 0 Å². The van der Waals surface area contributed by atoms with Crippen molar-refractivity contribution < 1.29 is 0 Å². The topological polar surface area (TPSA) is 30.9 Å². The van der Waals surface area contributed by atoms with Gasteiger partial charge in [0.15, 0.2) is 0 Å². The fraction of sp³-hybridized carbons (Fsp3) is 0.600. The highest BCUT2D eigenvalue weighted by atomic mass is 15.0. The van der Waals surface area contributed by atoms with Crippen LogP contribution in [0.15, 0.2) is 24.4 Å². The maximum absolute atomic E-state index is 5.80. The van der Waals surface area contributed by atoms with Crippen LogP contribution in [0.25, 0.3) is 10.9 Å². The van der Waals surface area contributed by atoms with Gasteiger partial charge in [0.1, 0.15) is 0 Å². The van der Waals surface area contributed by atoms with Crippen LogP contribution in [0.1, 0.15) is 63.0 Å². The van der Waals surface area contributed by atoms with Crippen LogP contribution in [0.2, 0.25) is 0 Å². The highest BCUT2D eigenvalue weighted by molar-refractivity contribution is 5.85. The molecule has 120 valence electrons. The van der Waals surface area contributed by atoms with Gasteiger partial charge in [-0.3, -0.25) is 0 Å². The second kappa shape index (κ2) is 6.87. The first-order chi connectivity index (χ1) is 10.7.